The lowest BCUT2D eigenvalue weighted by Gasteiger charge is -2.30. The van der Waals surface area contributed by atoms with Crippen LogP contribution < -0.4 is 49.1 Å². The van der Waals surface area contributed by atoms with E-state index in [0.29, 0.717) is 24.1 Å². The third-order valence-electron chi connectivity index (χ3n) is 9.35. The first-order valence-corrected chi connectivity index (χ1v) is 19.4. The van der Waals surface area contributed by atoms with Gasteiger partial charge in [-0.1, -0.05) is 46.2 Å². The molecule has 0 saturated heterocycles. The maximum absolute atomic E-state index is 14.2. The van der Waals surface area contributed by atoms with Crippen molar-refractivity contribution in [2.24, 2.45) is 34.0 Å². The molecule has 14 N–H and O–H groups in total. The van der Waals surface area contributed by atoms with E-state index in [9.17, 15) is 38.7 Å². The third-order valence-corrected chi connectivity index (χ3v) is 9.35. The van der Waals surface area contributed by atoms with Gasteiger partial charge in [-0.05, 0) is 49.4 Å². The number of aromatic nitrogens is 2. The number of hydrogen-bond donors (Lipinski definition) is 11. The number of carbonyl (C=O) groups excluding carboxylic acids is 7. The largest absolute Gasteiger partial charge is 0.508 e. The minimum Gasteiger partial charge on any atom is -0.508 e. The van der Waals surface area contributed by atoms with Crippen LogP contribution >= 0.6 is 0 Å². The van der Waals surface area contributed by atoms with Gasteiger partial charge in [0.15, 0.2) is 5.96 Å². The lowest BCUT2D eigenvalue weighted by Crippen LogP contribution is -2.61. The van der Waals surface area contributed by atoms with Crippen molar-refractivity contribution in [1.29, 1.82) is 0 Å². The van der Waals surface area contributed by atoms with Crippen molar-refractivity contribution in [3.05, 3.63) is 48.0 Å². The summed E-state index contributed by atoms with van der Waals surface area (Å²) in [5.41, 5.74) is 17.2. The Kier molecular flexibility index (Phi) is 20.3. The normalized spacial score (nSPS) is 14.0. The molecule has 1 aromatic carbocycles. The predicted octanol–water partition coefficient (Wildman–Crippen LogP) is -2.76. The van der Waals surface area contributed by atoms with Gasteiger partial charge < -0.3 is 64.1 Å². The summed E-state index contributed by atoms with van der Waals surface area (Å²) >= 11 is 0. The van der Waals surface area contributed by atoms with E-state index in [2.05, 4.69) is 46.9 Å². The summed E-state index contributed by atoms with van der Waals surface area (Å²) < 4.78 is 0. The minimum absolute atomic E-state index is 0.0208. The second-order valence-electron chi connectivity index (χ2n) is 14.6. The Bertz CT molecular complexity index is 1730. The highest BCUT2D eigenvalue weighted by molar-refractivity contribution is 5.97. The molecule has 1 heterocycles. The molecule has 0 aliphatic heterocycles. The van der Waals surface area contributed by atoms with Crippen LogP contribution in [0.25, 0.3) is 0 Å². The van der Waals surface area contributed by atoms with Crippen LogP contribution in [0.3, 0.4) is 0 Å². The average molecular weight is 828 g/mol. The van der Waals surface area contributed by atoms with Gasteiger partial charge in [0.25, 0.3) is 0 Å². The Balaban J connectivity index is 2.42. The molecule has 1 aromatic heterocycles. The molecule has 6 atom stereocenters. The highest BCUT2D eigenvalue weighted by Crippen LogP contribution is 2.15. The number of H-pyrrole nitrogens is 1. The fraction of sp³-hybridized carbons (Fsp3) is 0.553. The van der Waals surface area contributed by atoms with Crippen LogP contribution in [0, 0.1) is 11.8 Å². The number of likely N-dealkylation sites (N-methyl/N-ethyl adjacent to an activating group) is 2. The van der Waals surface area contributed by atoms with Crippen LogP contribution in [-0.4, -0.2) is 131 Å². The van der Waals surface area contributed by atoms with Crippen LogP contribution in [0.4, 0.5) is 0 Å². The number of aliphatic imine (C=N–C) groups is 1. The minimum atomic E-state index is -1.31. The molecule has 7 amide bonds. The van der Waals surface area contributed by atoms with Crippen molar-refractivity contribution in [3.8, 4) is 5.75 Å². The number of nitrogens with two attached hydrogens (primary N) is 3. The van der Waals surface area contributed by atoms with Crippen molar-refractivity contribution in [3.63, 3.8) is 0 Å². The molecule has 0 radical (unpaired) electrons. The van der Waals surface area contributed by atoms with Gasteiger partial charge in [-0.2, -0.15) is 0 Å². The summed E-state index contributed by atoms with van der Waals surface area (Å²) in [6.45, 7) is 6.65. The van der Waals surface area contributed by atoms with Gasteiger partial charge in [0.1, 0.15) is 36.0 Å². The standard InChI is InChI=1S/C38H61N13O8/c1-7-22(4)32(36(58)48-28(16-24-17-43-20-45-24)37(59)51(6)19-29(39)53)50-34(56)27(15-23-10-12-25(52)13-11-23)47-35(57)31(21(2)3)49-33(55)26(46-30(54)18-42-5)9-8-14-44-38(40)41/h10-13,17,20-22,26-28,31-32,42,52H,7-9,14-16,18-19H2,1-6H3,(H2,39,53)(H,43,45)(H,46,54)(H,47,57)(H,48,58)(H,49,55)(H,50,56)(H4,40,41,44)/t22-,26+,27+,28+,31+,32+/m1/s1. The third kappa shape index (κ3) is 17.0. The molecule has 326 valence electrons. The molecule has 0 saturated carbocycles. The summed E-state index contributed by atoms with van der Waals surface area (Å²) in [5.74, 6) is -5.77. The number of nitrogens with zero attached hydrogens (tertiary/aromatic N) is 3. The van der Waals surface area contributed by atoms with Crippen molar-refractivity contribution >= 4 is 47.3 Å². The number of amides is 7. The van der Waals surface area contributed by atoms with E-state index in [4.69, 9.17) is 17.2 Å². The Hall–Kier alpha value is -6.25. The van der Waals surface area contributed by atoms with Crippen LogP contribution in [-0.2, 0) is 46.4 Å². The molecule has 0 unspecified atom stereocenters. The smallest absolute Gasteiger partial charge is 0.245 e. The molecule has 21 nitrogen and oxygen atoms in total. The van der Waals surface area contributed by atoms with Gasteiger partial charge in [0, 0.05) is 38.3 Å². The first-order valence-electron chi connectivity index (χ1n) is 19.4. The zero-order valence-electron chi connectivity index (χ0n) is 34.5. The van der Waals surface area contributed by atoms with Gasteiger partial charge in [-0.3, -0.25) is 38.6 Å². The summed E-state index contributed by atoms with van der Waals surface area (Å²) in [4.78, 5) is 105. The predicted molar refractivity (Wildman–Crippen MR) is 219 cm³/mol. The molecule has 2 aromatic rings. The van der Waals surface area contributed by atoms with Gasteiger partial charge in [0.2, 0.25) is 41.4 Å². The number of primary amides is 1. The fourth-order valence-corrected chi connectivity index (χ4v) is 5.92. The fourth-order valence-electron chi connectivity index (χ4n) is 5.92. The van der Waals surface area contributed by atoms with Crippen LogP contribution in [0.2, 0.25) is 0 Å². The Labute approximate surface area is 343 Å². The number of benzene rings is 1. The average Bonchev–Trinajstić information content (AvgIpc) is 3.69. The first-order chi connectivity index (χ1) is 27.9. The van der Waals surface area contributed by atoms with Crippen molar-refractivity contribution in [1.82, 2.24) is 46.8 Å². The van der Waals surface area contributed by atoms with Gasteiger partial charge in [-0.25, -0.2) is 4.98 Å². The van der Waals surface area contributed by atoms with Crippen molar-refractivity contribution < 1.29 is 38.7 Å². The maximum Gasteiger partial charge on any atom is 0.245 e. The highest BCUT2D eigenvalue weighted by Gasteiger charge is 2.35. The number of phenols is 1. The number of phenolic OH excluding ortho intramolecular Hbond substituents is 1. The zero-order valence-corrected chi connectivity index (χ0v) is 34.5. The van der Waals surface area contributed by atoms with Crippen LogP contribution in [0.15, 0.2) is 41.8 Å². The van der Waals surface area contributed by atoms with E-state index < -0.39 is 89.9 Å². The number of aromatic hydroxyl groups is 1. The second kappa shape index (κ2) is 24.5. The van der Waals surface area contributed by atoms with E-state index >= 15 is 0 Å². The molecular formula is C38H61N13O8. The number of carbonyl (C=O) groups is 7. The molecule has 21 heteroatoms. The molecule has 0 spiro atoms. The number of aromatic amines is 1. The van der Waals surface area contributed by atoms with E-state index in [1.807, 2.05) is 6.92 Å². The number of imidazole rings is 1. The van der Waals surface area contributed by atoms with E-state index in [1.54, 1.807) is 40.0 Å². The summed E-state index contributed by atoms with van der Waals surface area (Å²) in [6, 6.07) is 0.0438. The topological polar surface area (TPSA) is 334 Å². The quantitative estimate of drug-likeness (QED) is 0.0276. The maximum atomic E-state index is 14.2. The molecule has 0 bridgehead atoms. The lowest BCUT2D eigenvalue weighted by molar-refractivity contribution is -0.139. The monoisotopic (exact) mass is 827 g/mol. The van der Waals surface area contributed by atoms with Crippen molar-refractivity contribution in [2.45, 2.75) is 90.0 Å². The first kappa shape index (κ1) is 48.9. The van der Waals surface area contributed by atoms with Gasteiger partial charge >= 0.3 is 0 Å². The Morgan fingerprint density at radius 3 is 2.00 bits per heavy atom. The molecule has 59 heavy (non-hydrogen) atoms. The van der Waals surface area contributed by atoms with E-state index in [0.717, 1.165) is 4.90 Å². The van der Waals surface area contributed by atoms with Gasteiger partial charge in [0.05, 0.1) is 19.4 Å². The van der Waals surface area contributed by atoms with E-state index in [-0.39, 0.29) is 44.1 Å². The van der Waals surface area contributed by atoms with Gasteiger partial charge in [-0.15, -0.1) is 0 Å². The summed E-state index contributed by atoms with van der Waals surface area (Å²) in [5, 5.41) is 26.2. The highest BCUT2D eigenvalue weighted by atomic mass is 16.3. The molecule has 0 fully saturated rings. The molecular weight excluding hydrogens is 767 g/mol. The summed E-state index contributed by atoms with van der Waals surface area (Å²) in [6.07, 6.45) is 3.68. The van der Waals surface area contributed by atoms with Crippen molar-refractivity contribution in [2.75, 3.05) is 33.7 Å². The SMILES string of the molecule is CC[C@@H](C)[C@H](NC(=O)[C@H](Cc1ccc(O)cc1)NC(=O)[C@@H](NC(=O)[C@H](CCCN=C(N)N)NC(=O)CNC)C(C)C)C(=O)N[C@@H](Cc1cnc[nH]1)C(=O)N(C)CC(N)=O. The molecule has 0 aliphatic carbocycles. The lowest BCUT2D eigenvalue weighted by atomic mass is 9.96. The summed E-state index contributed by atoms with van der Waals surface area (Å²) in [7, 11) is 2.94. The molecule has 2 rings (SSSR count). The zero-order chi connectivity index (χ0) is 44.2. The molecule has 0 aliphatic rings. The number of nitrogens with one attached hydrogen (secondary N) is 7. The van der Waals surface area contributed by atoms with E-state index in [1.165, 1.54) is 31.7 Å². The van der Waals surface area contributed by atoms with Crippen LogP contribution in [0.5, 0.6) is 5.75 Å². The Morgan fingerprint density at radius 1 is 0.831 bits per heavy atom. The number of guanidine groups is 1. The Morgan fingerprint density at radius 2 is 1.44 bits per heavy atom. The number of hydrogen-bond acceptors (Lipinski definition) is 11. The number of rotatable bonds is 25. The second-order valence-corrected chi connectivity index (χ2v) is 14.6. The van der Waals surface area contributed by atoms with Crippen LogP contribution in [0.1, 0.15) is 58.2 Å².